The van der Waals surface area contributed by atoms with Crippen LogP contribution in [0.5, 0.6) is 0 Å². The number of hydrogen-bond acceptors (Lipinski definition) is 4. The lowest BCUT2D eigenvalue weighted by molar-refractivity contribution is 0.273. The van der Waals surface area contributed by atoms with Crippen molar-refractivity contribution in [2.45, 2.75) is 25.8 Å². The molecular formula is C10H20ClN3S. The summed E-state index contributed by atoms with van der Waals surface area (Å²) in [5, 5.41) is 3.22. The molecule has 0 spiro atoms. The Kier molecular flexibility index (Phi) is 6.36. The maximum absolute atomic E-state index is 5.93. The highest BCUT2D eigenvalue weighted by molar-refractivity contribution is 7.09. The van der Waals surface area contributed by atoms with Gasteiger partial charge in [-0.05, 0) is 20.9 Å². The molecule has 0 aliphatic rings. The molecule has 1 rings (SSSR count). The van der Waals surface area contributed by atoms with Crippen molar-refractivity contribution in [3.8, 4) is 0 Å². The maximum atomic E-state index is 5.93. The molecule has 0 aromatic carbocycles. The van der Waals surface area contributed by atoms with Crippen LogP contribution in [0.25, 0.3) is 0 Å². The normalized spacial score (nSPS) is 11.5. The van der Waals surface area contributed by atoms with E-state index in [1.165, 1.54) is 5.01 Å². The summed E-state index contributed by atoms with van der Waals surface area (Å²) in [4.78, 5) is 6.50. The third kappa shape index (κ3) is 6.84. The SMILES string of the molecule is CN(CCc1nccs1)CC(C)(C)N.Cl. The van der Waals surface area contributed by atoms with Gasteiger partial charge in [0.2, 0.25) is 0 Å². The summed E-state index contributed by atoms with van der Waals surface area (Å²) in [5.74, 6) is 0. The zero-order valence-corrected chi connectivity index (χ0v) is 11.2. The smallest absolute Gasteiger partial charge is 0.0937 e. The van der Waals surface area contributed by atoms with Gasteiger partial charge in [0.05, 0.1) is 5.01 Å². The van der Waals surface area contributed by atoms with E-state index in [-0.39, 0.29) is 17.9 Å². The number of aromatic nitrogens is 1. The van der Waals surface area contributed by atoms with Crippen LogP contribution < -0.4 is 5.73 Å². The van der Waals surface area contributed by atoms with Crippen molar-refractivity contribution >= 4 is 23.7 Å². The number of halogens is 1. The molecule has 15 heavy (non-hydrogen) atoms. The fourth-order valence-electron chi connectivity index (χ4n) is 1.44. The van der Waals surface area contributed by atoms with Crippen LogP contribution in [0.15, 0.2) is 11.6 Å². The Morgan fingerprint density at radius 3 is 2.67 bits per heavy atom. The average molecular weight is 250 g/mol. The molecule has 5 heteroatoms. The summed E-state index contributed by atoms with van der Waals surface area (Å²) in [6, 6.07) is 0. The Morgan fingerprint density at radius 2 is 2.20 bits per heavy atom. The van der Waals surface area contributed by atoms with Crippen LogP contribution in [0, 0.1) is 0 Å². The van der Waals surface area contributed by atoms with Gasteiger partial charge in [-0.1, -0.05) is 0 Å². The van der Waals surface area contributed by atoms with Gasteiger partial charge < -0.3 is 10.6 Å². The minimum atomic E-state index is -0.113. The number of nitrogens with two attached hydrogens (primary N) is 1. The molecule has 0 atom stereocenters. The molecular weight excluding hydrogens is 230 g/mol. The molecule has 0 fully saturated rings. The summed E-state index contributed by atoms with van der Waals surface area (Å²) < 4.78 is 0. The van der Waals surface area contributed by atoms with Gasteiger partial charge >= 0.3 is 0 Å². The molecule has 1 heterocycles. The molecule has 0 bridgehead atoms. The maximum Gasteiger partial charge on any atom is 0.0937 e. The summed E-state index contributed by atoms with van der Waals surface area (Å²) in [5.41, 5.74) is 5.82. The van der Waals surface area contributed by atoms with Crippen LogP contribution in [-0.2, 0) is 6.42 Å². The molecule has 3 nitrogen and oxygen atoms in total. The molecule has 88 valence electrons. The number of rotatable bonds is 5. The second kappa shape index (κ2) is 6.43. The molecule has 0 aliphatic carbocycles. The number of likely N-dealkylation sites (N-methyl/N-ethyl adjacent to an activating group) is 1. The molecule has 0 radical (unpaired) electrons. The third-order valence-corrected chi connectivity index (χ3v) is 2.71. The minimum absolute atomic E-state index is 0. The molecule has 0 saturated heterocycles. The summed E-state index contributed by atoms with van der Waals surface area (Å²) in [6.07, 6.45) is 2.87. The molecule has 1 aromatic rings. The van der Waals surface area contributed by atoms with E-state index in [0.29, 0.717) is 0 Å². The van der Waals surface area contributed by atoms with Crippen molar-refractivity contribution in [1.29, 1.82) is 0 Å². The second-order valence-electron chi connectivity index (χ2n) is 4.40. The molecule has 1 aromatic heterocycles. The highest BCUT2D eigenvalue weighted by atomic mass is 35.5. The van der Waals surface area contributed by atoms with Crippen molar-refractivity contribution in [2.24, 2.45) is 5.73 Å². The van der Waals surface area contributed by atoms with Gasteiger partial charge in [-0.15, -0.1) is 23.7 Å². The quantitative estimate of drug-likeness (QED) is 0.865. The van der Waals surface area contributed by atoms with Gasteiger partial charge in [0.15, 0.2) is 0 Å². The number of thiazole rings is 1. The largest absolute Gasteiger partial charge is 0.324 e. The van der Waals surface area contributed by atoms with Gasteiger partial charge in [-0.3, -0.25) is 0 Å². The van der Waals surface area contributed by atoms with Crippen LogP contribution in [0.4, 0.5) is 0 Å². The van der Waals surface area contributed by atoms with Crippen LogP contribution >= 0.6 is 23.7 Å². The van der Waals surface area contributed by atoms with Gasteiger partial charge in [0.1, 0.15) is 0 Å². The third-order valence-electron chi connectivity index (χ3n) is 1.87. The first kappa shape index (κ1) is 14.8. The fraction of sp³-hybridized carbons (Fsp3) is 0.700. The van der Waals surface area contributed by atoms with E-state index >= 15 is 0 Å². The number of nitrogens with zero attached hydrogens (tertiary/aromatic N) is 2. The molecule has 0 saturated carbocycles. The topological polar surface area (TPSA) is 42.2 Å². The Balaban J connectivity index is 0.00000196. The van der Waals surface area contributed by atoms with Crippen LogP contribution in [0.2, 0.25) is 0 Å². The highest BCUT2D eigenvalue weighted by Crippen LogP contribution is 2.06. The van der Waals surface area contributed by atoms with Crippen molar-refractivity contribution in [1.82, 2.24) is 9.88 Å². The van der Waals surface area contributed by atoms with Crippen molar-refractivity contribution in [3.63, 3.8) is 0 Å². The first-order chi connectivity index (χ1) is 6.47. The minimum Gasteiger partial charge on any atom is -0.324 e. The Morgan fingerprint density at radius 1 is 1.53 bits per heavy atom. The van der Waals surface area contributed by atoms with Gasteiger partial charge in [-0.25, -0.2) is 4.98 Å². The number of hydrogen-bond donors (Lipinski definition) is 1. The van der Waals surface area contributed by atoms with Crippen LogP contribution in [0.1, 0.15) is 18.9 Å². The Labute approximate surface area is 102 Å². The molecule has 0 amide bonds. The molecule has 2 N–H and O–H groups in total. The predicted octanol–water partition coefficient (Wildman–Crippen LogP) is 1.78. The van der Waals surface area contributed by atoms with E-state index in [4.69, 9.17) is 5.73 Å². The first-order valence-corrected chi connectivity index (χ1v) is 5.71. The monoisotopic (exact) mass is 249 g/mol. The standard InChI is InChI=1S/C10H19N3S.ClH/c1-10(2,11)8-13(3)6-4-9-12-5-7-14-9;/h5,7H,4,6,8,11H2,1-3H3;1H. The first-order valence-electron chi connectivity index (χ1n) is 4.83. The Bertz CT molecular complexity index is 256. The van der Waals surface area contributed by atoms with Gasteiger partial charge in [-0.2, -0.15) is 0 Å². The fourth-order valence-corrected chi connectivity index (χ4v) is 2.05. The van der Waals surface area contributed by atoms with E-state index in [2.05, 4.69) is 16.9 Å². The van der Waals surface area contributed by atoms with E-state index in [1.54, 1.807) is 11.3 Å². The molecule has 0 aliphatic heterocycles. The van der Waals surface area contributed by atoms with Crippen molar-refractivity contribution < 1.29 is 0 Å². The van der Waals surface area contributed by atoms with Gasteiger partial charge in [0.25, 0.3) is 0 Å². The predicted molar refractivity (Wildman–Crippen MR) is 68.8 cm³/mol. The second-order valence-corrected chi connectivity index (χ2v) is 5.38. The lowest BCUT2D eigenvalue weighted by atomic mass is 10.1. The van der Waals surface area contributed by atoms with Gasteiger partial charge in [0, 0.05) is 36.6 Å². The van der Waals surface area contributed by atoms with E-state index in [0.717, 1.165) is 19.5 Å². The molecule has 0 unspecified atom stereocenters. The van der Waals surface area contributed by atoms with E-state index < -0.39 is 0 Å². The zero-order valence-electron chi connectivity index (χ0n) is 9.56. The van der Waals surface area contributed by atoms with Crippen LogP contribution in [-0.4, -0.2) is 35.6 Å². The average Bonchev–Trinajstić information content (AvgIpc) is 2.49. The summed E-state index contributed by atoms with van der Waals surface area (Å²) in [7, 11) is 2.10. The Hall–Kier alpha value is -0.160. The summed E-state index contributed by atoms with van der Waals surface area (Å²) in [6.45, 7) is 6.03. The highest BCUT2D eigenvalue weighted by Gasteiger charge is 2.13. The van der Waals surface area contributed by atoms with Crippen molar-refractivity contribution in [3.05, 3.63) is 16.6 Å². The zero-order chi connectivity index (χ0) is 10.6. The van der Waals surface area contributed by atoms with E-state index in [1.807, 2.05) is 25.4 Å². The van der Waals surface area contributed by atoms with E-state index in [9.17, 15) is 0 Å². The lowest BCUT2D eigenvalue weighted by Gasteiger charge is -2.26. The summed E-state index contributed by atoms with van der Waals surface area (Å²) >= 11 is 1.71. The van der Waals surface area contributed by atoms with Crippen LogP contribution in [0.3, 0.4) is 0 Å². The van der Waals surface area contributed by atoms with Crippen molar-refractivity contribution in [2.75, 3.05) is 20.1 Å². The lowest BCUT2D eigenvalue weighted by Crippen LogP contribution is -2.44.